The van der Waals surface area contributed by atoms with E-state index in [0.717, 1.165) is 32.7 Å². The van der Waals surface area contributed by atoms with Gasteiger partial charge < -0.3 is 14.6 Å². The van der Waals surface area contributed by atoms with Crippen LogP contribution in [0.2, 0.25) is 0 Å². The van der Waals surface area contributed by atoms with Crippen LogP contribution in [0.4, 0.5) is 0 Å². The zero-order chi connectivity index (χ0) is 12.6. The lowest BCUT2D eigenvalue weighted by Crippen LogP contribution is -2.25. The van der Waals surface area contributed by atoms with Gasteiger partial charge in [-0.3, -0.25) is 0 Å². The van der Waals surface area contributed by atoms with Gasteiger partial charge in [-0.05, 0) is 50.8 Å². The number of rotatable bonds is 7. The number of aryl methyl sites for hydroxylation is 1. The third kappa shape index (κ3) is 4.14. The van der Waals surface area contributed by atoms with Gasteiger partial charge in [-0.15, -0.1) is 0 Å². The number of aromatic nitrogens is 1. The van der Waals surface area contributed by atoms with E-state index in [1.165, 1.54) is 31.4 Å². The summed E-state index contributed by atoms with van der Waals surface area (Å²) < 4.78 is 8.07. The fourth-order valence-electron chi connectivity index (χ4n) is 2.58. The van der Waals surface area contributed by atoms with Gasteiger partial charge in [-0.2, -0.15) is 0 Å². The number of hydrogen-bond donors (Lipinski definition) is 1. The summed E-state index contributed by atoms with van der Waals surface area (Å²) in [5.74, 6) is 0. The SMILES string of the molecule is CCCn1cccc1CNCCC1CCCCO1. The average molecular weight is 250 g/mol. The highest BCUT2D eigenvalue weighted by atomic mass is 16.5. The van der Waals surface area contributed by atoms with E-state index in [2.05, 4.69) is 35.1 Å². The lowest BCUT2D eigenvalue weighted by molar-refractivity contribution is 0.0115. The van der Waals surface area contributed by atoms with Crippen molar-refractivity contribution in [2.24, 2.45) is 0 Å². The maximum Gasteiger partial charge on any atom is 0.0587 e. The van der Waals surface area contributed by atoms with Gasteiger partial charge in [-0.25, -0.2) is 0 Å². The van der Waals surface area contributed by atoms with E-state index in [1.807, 2.05) is 0 Å². The first-order valence-corrected chi connectivity index (χ1v) is 7.36. The predicted octanol–water partition coefficient (Wildman–Crippen LogP) is 2.95. The molecule has 1 aliphatic heterocycles. The lowest BCUT2D eigenvalue weighted by Gasteiger charge is -2.22. The van der Waals surface area contributed by atoms with Crippen LogP contribution >= 0.6 is 0 Å². The van der Waals surface area contributed by atoms with E-state index >= 15 is 0 Å². The molecule has 0 amide bonds. The van der Waals surface area contributed by atoms with E-state index in [9.17, 15) is 0 Å². The van der Waals surface area contributed by atoms with Crippen molar-refractivity contribution in [2.75, 3.05) is 13.2 Å². The molecule has 3 heteroatoms. The van der Waals surface area contributed by atoms with Gasteiger partial charge in [0, 0.05) is 31.6 Å². The molecule has 0 aromatic carbocycles. The Morgan fingerprint density at radius 3 is 3.17 bits per heavy atom. The molecular weight excluding hydrogens is 224 g/mol. The van der Waals surface area contributed by atoms with Crippen molar-refractivity contribution < 1.29 is 4.74 Å². The van der Waals surface area contributed by atoms with Crippen molar-refractivity contribution in [2.45, 2.75) is 58.2 Å². The molecule has 1 aromatic heterocycles. The number of ether oxygens (including phenoxy) is 1. The van der Waals surface area contributed by atoms with Crippen LogP contribution in [0.1, 0.15) is 44.7 Å². The largest absolute Gasteiger partial charge is 0.378 e. The fraction of sp³-hybridized carbons (Fsp3) is 0.733. The highest BCUT2D eigenvalue weighted by molar-refractivity contribution is 5.06. The summed E-state index contributed by atoms with van der Waals surface area (Å²) in [5.41, 5.74) is 1.39. The Hall–Kier alpha value is -0.800. The molecule has 1 unspecified atom stereocenters. The molecule has 0 spiro atoms. The minimum atomic E-state index is 0.494. The van der Waals surface area contributed by atoms with E-state index in [4.69, 9.17) is 4.74 Å². The van der Waals surface area contributed by atoms with E-state index < -0.39 is 0 Å². The Kier molecular flexibility index (Phi) is 5.75. The topological polar surface area (TPSA) is 26.2 Å². The first-order valence-electron chi connectivity index (χ1n) is 7.36. The Bertz CT molecular complexity index is 329. The first-order chi connectivity index (χ1) is 8.90. The van der Waals surface area contributed by atoms with Crippen molar-refractivity contribution in [3.63, 3.8) is 0 Å². The van der Waals surface area contributed by atoms with Gasteiger partial charge in [0.15, 0.2) is 0 Å². The normalized spacial score (nSPS) is 20.2. The fourth-order valence-corrected chi connectivity index (χ4v) is 2.58. The number of hydrogen-bond acceptors (Lipinski definition) is 2. The van der Waals surface area contributed by atoms with Crippen LogP contribution in [0.3, 0.4) is 0 Å². The molecule has 2 rings (SSSR count). The summed E-state index contributed by atoms with van der Waals surface area (Å²) in [6.07, 6.45) is 8.83. The summed E-state index contributed by atoms with van der Waals surface area (Å²) >= 11 is 0. The molecule has 0 radical (unpaired) electrons. The quantitative estimate of drug-likeness (QED) is 0.753. The van der Waals surface area contributed by atoms with Crippen molar-refractivity contribution in [1.82, 2.24) is 9.88 Å². The lowest BCUT2D eigenvalue weighted by atomic mass is 10.1. The van der Waals surface area contributed by atoms with Crippen LogP contribution < -0.4 is 5.32 Å². The van der Waals surface area contributed by atoms with Crippen LogP contribution in [0.15, 0.2) is 18.3 Å². The van der Waals surface area contributed by atoms with Crippen LogP contribution in [0.5, 0.6) is 0 Å². The zero-order valence-electron chi connectivity index (χ0n) is 11.5. The zero-order valence-corrected chi connectivity index (χ0v) is 11.5. The van der Waals surface area contributed by atoms with Crippen molar-refractivity contribution >= 4 is 0 Å². The monoisotopic (exact) mass is 250 g/mol. The Balaban J connectivity index is 1.63. The second-order valence-corrected chi connectivity index (χ2v) is 5.15. The van der Waals surface area contributed by atoms with Crippen LogP contribution in [0.25, 0.3) is 0 Å². The van der Waals surface area contributed by atoms with Crippen molar-refractivity contribution in [1.29, 1.82) is 0 Å². The summed E-state index contributed by atoms with van der Waals surface area (Å²) in [5, 5.41) is 3.53. The van der Waals surface area contributed by atoms with Crippen LogP contribution in [-0.4, -0.2) is 23.8 Å². The Morgan fingerprint density at radius 2 is 2.39 bits per heavy atom. The van der Waals surface area contributed by atoms with Gasteiger partial charge in [0.2, 0.25) is 0 Å². The van der Waals surface area contributed by atoms with Crippen LogP contribution in [0, 0.1) is 0 Å². The smallest absolute Gasteiger partial charge is 0.0587 e. The molecule has 1 saturated heterocycles. The van der Waals surface area contributed by atoms with E-state index in [1.54, 1.807) is 0 Å². The third-order valence-corrected chi connectivity index (χ3v) is 3.61. The molecule has 2 heterocycles. The molecular formula is C15H26N2O. The molecule has 18 heavy (non-hydrogen) atoms. The predicted molar refractivity (Wildman–Crippen MR) is 74.6 cm³/mol. The second-order valence-electron chi connectivity index (χ2n) is 5.15. The molecule has 0 saturated carbocycles. The van der Waals surface area contributed by atoms with Crippen molar-refractivity contribution in [3.05, 3.63) is 24.0 Å². The Morgan fingerprint density at radius 1 is 1.44 bits per heavy atom. The minimum Gasteiger partial charge on any atom is -0.378 e. The molecule has 1 N–H and O–H groups in total. The molecule has 0 aliphatic carbocycles. The van der Waals surface area contributed by atoms with Crippen LogP contribution in [-0.2, 0) is 17.8 Å². The molecule has 0 bridgehead atoms. The standard InChI is InChI=1S/C15H26N2O/c1-2-10-17-11-5-6-14(17)13-16-9-8-15-7-3-4-12-18-15/h5-6,11,15-16H,2-4,7-10,12-13H2,1H3. The summed E-state index contributed by atoms with van der Waals surface area (Å²) in [4.78, 5) is 0. The van der Waals surface area contributed by atoms with Gasteiger partial charge in [0.1, 0.15) is 0 Å². The summed E-state index contributed by atoms with van der Waals surface area (Å²) in [6.45, 7) is 6.33. The number of nitrogens with zero attached hydrogens (tertiary/aromatic N) is 1. The Labute approximate surface area is 111 Å². The van der Waals surface area contributed by atoms with Gasteiger partial charge in [0.05, 0.1) is 6.10 Å². The highest BCUT2D eigenvalue weighted by Gasteiger charge is 2.12. The highest BCUT2D eigenvalue weighted by Crippen LogP contribution is 2.14. The van der Waals surface area contributed by atoms with Crippen molar-refractivity contribution in [3.8, 4) is 0 Å². The maximum absolute atomic E-state index is 5.73. The molecule has 102 valence electrons. The number of nitrogens with one attached hydrogen (secondary N) is 1. The van der Waals surface area contributed by atoms with Gasteiger partial charge in [0.25, 0.3) is 0 Å². The second kappa shape index (κ2) is 7.59. The maximum atomic E-state index is 5.73. The molecule has 1 aliphatic rings. The summed E-state index contributed by atoms with van der Waals surface area (Å²) in [6, 6.07) is 4.34. The molecule has 1 aromatic rings. The first kappa shape index (κ1) is 13.6. The van der Waals surface area contributed by atoms with Gasteiger partial charge >= 0.3 is 0 Å². The molecule has 1 fully saturated rings. The molecule has 1 atom stereocenters. The van der Waals surface area contributed by atoms with E-state index in [-0.39, 0.29) is 0 Å². The van der Waals surface area contributed by atoms with Gasteiger partial charge in [-0.1, -0.05) is 6.92 Å². The summed E-state index contributed by atoms with van der Waals surface area (Å²) in [7, 11) is 0. The third-order valence-electron chi connectivity index (χ3n) is 3.61. The molecule has 3 nitrogen and oxygen atoms in total. The average Bonchev–Trinajstić information content (AvgIpc) is 2.84. The minimum absolute atomic E-state index is 0.494. The van der Waals surface area contributed by atoms with E-state index in [0.29, 0.717) is 6.10 Å².